The molecule has 0 atom stereocenters. The fourth-order valence-corrected chi connectivity index (χ4v) is 8.38. The number of para-hydroxylation sites is 2. The molecule has 0 unspecified atom stereocenters. The lowest BCUT2D eigenvalue weighted by Gasteiger charge is -2.19. The SMILES string of the molecule is c1ccc(-c2cccc(-c3ccccc3)c2-n2c3ccccc3c3c4oc5c(ccc6sc7ccccc7c65)c4ccc32)cc1. The van der Waals surface area contributed by atoms with Gasteiger partial charge in [-0.15, -0.1) is 11.3 Å². The summed E-state index contributed by atoms with van der Waals surface area (Å²) in [7, 11) is 0. The average Bonchev–Trinajstić information content (AvgIpc) is 3.78. The van der Waals surface area contributed by atoms with E-state index < -0.39 is 0 Å². The van der Waals surface area contributed by atoms with Gasteiger partial charge in [0.2, 0.25) is 0 Å². The van der Waals surface area contributed by atoms with Crippen LogP contribution in [-0.4, -0.2) is 4.57 Å². The molecule has 3 aromatic heterocycles. The van der Waals surface area contributed by atoms with E-state index in [2.05, 4.69) is 156 Å². The van der Waals surface area contributed by atoms with Gasteiger partial charge in [-0.3, -0.25) is 0 Å². The maximum absolute atomic E-state index is 7.03. The second-order valence-corrected chi connectivity index (χ2v) is 12.7. The van der Waals surface area contributed by atoms with Crippen molar-refractivity contribution in [3.63, 3.8) is 0 Å². The molecule has 0 saturated carbocycles. The lowest BCUT2D eigenvalue weighted by Crippen LogP contribution is -2.00. The number of benzene rings is 7. The van der Waals surface area contributed by atoms with Gasteiger partial charge in [0.05, 0.1) is 22.1 Å². The molecule has 0 bridgehead atoms. The largest absolute Gasteiger partial charge is 0.455 e. The van der Waals surface area contributed by atoms with Gasteiger partial charge in [-0.1, -0.05) is 115 Å². The first-order chi connectivity index (χ1) is 22.3. The first-order valence-corrected chi connectivity index (χ1v) is 16.1. The molecule has 0 aliphatic heterocycles. The minimum Gasteiger partial charge on any atom is -0.455 e. The second-order valence-electron chi connectivity index (χ2n) is 11.6. The molecule has 7 aromatic carbocycles. The van der Waals surface area contributed by atoms with E-state index in [1.54, 1.807) is 0 Å². The van der Waals surface area contributed by atoms with Crippen molar-refractivity contribution in [2.75, 3.05) is 0 Å². The van der Waals surface area contributed by atoms with Crippen LogP contribution in [0.4, 0.5) is 0 Å². The number of nitrogens with zero attached hydrogens (tertiary/aromatic N) is 1. The van der Waals surface area contributed by atoms with Crippen LogP contribution in [0.15, 0.2) is 156 Å². The van der Waals surface area contributed by atoms with Gasteiger partial charge < -0.3 is 8.98 Å². The zero-order valence-corrected chi connectivity index (χ0v) is 25.0. The third-order valence-electron chi connectivity index (χ3n) is 9.21. The van der Waals surface area contributed by atoms with Gasteiger partial charge in [0.15, 0.2) is 0 Å². The number of hydrogen-bond donors (Lipinski definition) is 0. The quantitative estimate of drug-likeness (QED) is 0.200. The van der Waals surface area contributed by atoms with Crippen molar-refractivity contribution in [3.05, 3.63) is 152 Å². The van der Waals surface area contributed by atoms with Gasteiger partial charge in [0, 0.05) is 47.5 Å². The van der Waals surface area contributed by atoms with Gasteiger partial charge in [-0.25, -0.2) is 0 Å². The Bertz CT molecular complexity index is 2690. The van der Waals surface area contributed by atoms with Gasteiger partial charge in [0.1, 0.15) is 11.2 Å². The predicted molar refractivity (Wildman–Crippen MR) is 192 cm³/mol. The summed E-state index contributed by atoms with van der Waals surface area (Å²) in [6.07, 6.45) is 0. The smallest absolute Gasteiger partial charge is 0.145 e. The van der Waals surface area contributed by atoms with Crippen LogP contribution in [0.1, 0.15) is 0 Å². The van der Waals surface area contributed by atoms with Crippen molar-refractivity contribution in [2.45, 2.75) is 0 Å². The molecular weight excluding hydrogens is 567 g/mol. The first-order valence-electron chi connectivity index (χ1n) is 15.3. The summed E-state index contributed by atoms with van der Waals surface area (Å²) >= 11 is 1.83. The highest BCUT2D eigenvalue weighted by Gasteiger charge is 2.23. The standard InChI is InChI=1S/C42H25NOS/c1-3-12-26(13-4-1)28-18-11-19-29(27-14-5-2-6-15-27)40(28)43-34-20-9-7-16-32(34)38-35(43)24-22-30-31-23-25-37-39(42(31)44-41(30)38)33-17-8-10-21-36(33)45-37/h1-25H. The molecule has 0 amide bonds. The Morgan fingerprint density at radius 1 is 0.400 bits per heavy atom. The van der Waals surface area contributed by atoms with E-state index in [1.165, 1.54) is 53.5 Å². The summed E-state index contributed by atoms with van der Waals surface area (Å²) in [5, 5.41) is 7.11. The number of fused-ring (bicyclic) bond motifs is 11. The lowest BCUT2D eigenvalue weighted by molar-refractivity contribution is 0.677. The van der Waals surface area contributed by atoms with Gasteiger partial charge >= 0.3 is 0 Å². The molecule has 0 N–H and O–H groups in total. The van der Waals surface area contributed by atoms with Gasteiger partial charge in [-0.2, -0.15) is 0 Å². The Balaban J connectivity index is 1.38. The molecule has 3 heteroatoms. The predicted octanol–water partition coefficient (Wildman–Crippen LogP) is 12.4. The molecular formula is C42H25NOS. The Hall–Kier alpha value is -5.64. The highest BCUT2D eigenvalue weighted by molar-refractivity contribution is 7.26. The summed E-state index contributed by atoms with van der Waals surface area (Å²) in [5.74, 6) is 0. The van der Waals surface area contributed by atoms with Crippen molar-refractivity contribution in [2.24, 2.45) is 0 Å². The maximum atomic E-state index is 7.03. The van der Waals surface area contributed by atoms with Crippen LogP contribution in [-0.2, 0) is 0 Å². The summed E-state index contributed by atoms with van der Waals surface area (Å²) in [6, 6.07) is 54.6. The van der Waals surface area contributed by atoms with Crippen molar-refractivity contribution < 1.29 is 4.42 Å². The van der Waals surface area contributed by atoms with Crippen LogP contribution in [0.25, 0.3) is 91.9 Å². The van der Waals surface area contributed by atoms with Crippen molar-refractivity contribution in [1.29, 1.82) is 0 Å². The lowest BCUT2D eigenvalue weighted by atomic mass is 9.95. The Morgan fingerprint density at radius 3 is 1.73 bits per heavy atom. The van der Waals surface area contributed by atoms with Gasteiger partial charge in [0.25, 0.3) is 0 Å². The van der Waals surface area contributed by atoms with Crippen LogP contribution in [0, 0.1) is 0 Å². The molecule has 0 saturated heterocycles. The summed E-state index contributed by atoms with van der Waals surface area (Å²) in [6.45, 7) is 0. The molecule has 3 heterocycles. The average molecular weight is 592 g/mol. The van der Waals surface area contributed by atoms with E-state index in [9.17, 15) is 0 Å². The van der Waals surface area contributed by atoms with Crippen LogP contribution in [0.2, 0.25) is 0 Å². The second kappa shape index (κ2) is 9.43. The number of furan rings is 1. The molecule has 45 heavy (non-hydrogen) atoms. The molecule has 0 spiro atoms. The van der Waals surface area contributed by atoms with E-state index in [-0.39, 0.29) is 0 Å². The molecule has 10 rings (SSSR count). The van der Waals surface area contributed by atoms with Gasteiger partial charge in [-0.05, 0) is 47.5 Å². The van der Waals surface area contributed by atoms with Crippen LogP contribution < -0.4 is 0 Å². The van der Waals surface area contributed by atoms with E-state index in [1.807, 2.05) is 11.3 Å². The summed E-state index contributed by atoms with van der Waals surface area (Å²) in [4.78, 5) is 0. The van der Waals surface area contributed by atoms with Crippen LogP contribution in [0.5, 0.6) is 0 Å². The van der Waals surface area contributed by atoms with Crippen molar-refractivity contribution >= 4 is 75.3 Å². The topological polar surface area (TPSA) is 18.1 Å². The Labute approximate surface area is 263 Å². The number of rotatable bonds is 3. The first kappa shape index (κ1) is 24.8. The molecule has 0 aliphatic rings. The monoisotopic (exact) mass is 591 g/mol. The normalized spacial score (nSPS) is 12.0. The molecule has 0 aliphatic carbocycles. The third-order valence-corrected chi connectivity index (χ3v) is 10.3. The van der Waals surface area contributed by atoms with Crippen molar-refractivity contribution in [3.8, 4) is 27.9 Å². The van der Waals surface area contributed by atoms with Crippen molar-refractivity contribution in [1.82, 2.24) is 4.57 Å². The summed E-state index contributed by atoms with van der Waals surface area (Å²) < 4.78 is 12.0. The minimum atomic E-state index is 0.943. The minimum absolute atomic E-state index is 0.943. The number of hydrogen-bond acceptors (Lipinski definition) is 2. The molecule has 210 valence electrons. The maximum Gasteiger partial charge on any atom is 0.145 e. The number of thiophene rings is 1. The zero-order chi connectivity index (χ0) is 29.5. The Morgan fingerprint density at radius 2 is 1.00 bits per heavy atom. The molecule has 2 nitrogen and oxygen atoms in total. The molecule has 0 radical (unpaired) electrons. The molecule has 0 fully saturated rings. The molecule has 10 aromatic rings. The van der Waals surface area contributed by atoms with E-state index in [0.717, 1.165) is 38.4 Å². The fraction of sp³-hybridized carbons (Fsp3) is 0. The van der Waals surface area contributed by atoms with Crippen LogP contribution in [0.3, 0.4) is 0 Å². The van der Waals surface area contributed by atoms with Crippen LogP contribution >= 0.6 is 11.3 Å². The third kappa shape index (κ3) is 3.50. The number of aromatic nitrogens is 1. The highest BCUT2D eigenvalue weighted by atomic mass is 32.1. The zero-order valence-electron chi connectivity index (χ0n) is 24.2. The van der Waals surface area contributed by atoms with E-state index in [0.29, 0.717) is 0 Å². The highest BCUT2D eigenvalue weighted by Crippen LogP contribution is 2.47. The summed E-state index contributed by atoms with van der Waals surface area (Å²) in [5.41, 5.74) is 10.1. The fourth-order valence-electron chi connectivity index (χ4n) is 7.28. The Kier molecular flexibility index (Phi) is 5.19. The van der Waals surface area contributed by atoms with E-state index in [4.69, 9.17) is 4.42 Å². The van der Waals surface area contributed by atoms with E-state index >= 15 is 0 Å².